The highest BCUT2D eigenvalue weighted by Crippen LogP contribution is 2.24. The molecular weight excluding hydrogens is 362 g/mol. The maximum atomic E-state index is 6.03. The number of nitrogens with zero attached hydrogens (tertiary/aromatic N) is 4. The lowest BCUT2D eigenvalue weighted by Crippen LogP contribution is -2.33. The van der Waals surface area contributed by atoms with Crippen LogP contribution in [0.25, 0.3) is 11.3 Å². The number of nitrogens with one attached hydrogen (secondary N) is 1. The molecule has 3 heterocycles. The smallest absolute Gasteiger partial charge is 0.225 e. The normalized spacial score (nSPS) is 13.6. The van der Waals surface area contributed by atoms with Gasteiger partial charge in [-0.25, -0.2) is 4.68 Å². The van der Waals surface area contributed by atoms with Gasteiger partial charge in [0.15, 0.2) is 0 Å². The summed E-state index contributed by atoms with van der Waals surface area (Å²) < 4.78 is 7.51. The quantitative estimate of drug-likeness (QED) is 0.602. The van der Waals surface area contributed by atoms with E-state index in [1.807, 2.05) is 30.3 Å². The average Bonchev–Trinajstić information content (AvgIpc) is 3.27. The molecule has 0 radical (unpaired) electrons. The van der Waals surface area contributed by atoms with Gasteiger partial charge in [-0.2, -0.15) is 5.10 Å². The van der Waals surface area contributed by atoms with Crippen molar-refractivity contribution < 1.29 is 4.52 Å². The first kappa shape index (κ1) is 17.9. The summed E-state index contributed by atoms with van der Waals surface area (Å²) in [5, 5.41) is 12.7. The molecule has 1 aliphatic heterocycles. The maximum absolute atomic E-state index is 6.03. The molecule has 4 rings (SSSR count). The molecule has 6 nitrogen and oxygen atoms in total. The number of anilines is 2. The summed E-state index contributed by atoms with van der Waals surface area (Å²) in [5.41, 5.74) is 2.84. The minimum atomic E-state index is 0.691. The Labute approximate surface area is 164 Å². The number of halogens is 1. The van der Waals surface area contributed by atoms with E-state index < -0.39 is 0 Å². The molecule has 0 amide bonds. The van der Waals surface area contributed by atoms with E-state index in [1.54, 1.807) is 0 Å². The summed E-state index contributed by atoms with van der Waals surface area (Å²) in [6.45, 7) is 6.11. The van der Waals surface area contributed by atoms with Gasteiger partial charge in [-0.3, -0.25) is 0 Å². The molecule has 0 atom stereocenters. The van der Waals surface area contributed by atoms with Crippen LogP contribution in [0.2, 0.25) is 5.02 Å². The maximum Gasteiger partial charge on any atom is 0.225 e. The molecule has 142 valence electrons. The molecule has 0 aliphatic carbocycles. The Morgan fingerprint density at radius 1 is 1.19 bits per heavy atom. The fourth-order valence-corrected chi connectivity index (χ4v) is 3.68. The molecule has 2 aromatic heterocycles. The van der Waals surface area contributed by atoms with Gasteiger partial charge >= 0.3 is 0 Å². The molecule has 0 saturated heterocycles. The van der Waals surface area contributed by atoms with Crippen LogP contribution >= 0.6 is 11.6 Å². The zero-order chi connectivity index (χ0) is 18.6. The van der Waals surface area contributed by atoms with Crippen molar-refractivity contribution in [2.24, 2.45) is 0 Å². The third kappa shape index (κ3) is 4.27. The van der Waals surface area contributed by atoms with Crippen LogP contribution in [0.3, 0.4) is 0 Å². The largest absolute Gasteiger partial charge is 0.357 e. The first-order valence-electron chi connectivity index (χ1n) is 9.45. The second-order valence-electron chi connectivity index (χ2n) is 6.93. The SMILES string of the molecule is Cc1cc2n(n1)CCCN2CCCCNc1cc(-c2cccc(Cl)c2)no1. The van der Waals surface area contributed by atoms with E-state index in [1.165, 1.54) is 5.82 Å². The van der Waals surface area contributed by atoms with Crippen molar-refractivity contribution in [2.45, 2.75) is 32.7 Å². The van der Waals surface area contributed by atoms with Crippen molar-refractivity contribution >= 4 is 23.3 Å². The van der Waals surface area contributed by atoms with Gasteiger partial charge in [0.2, 0.25) is 5.88 Å². The van der Waals surface area contributed by atoms with Crippen LogP contribution in [0.4, 0.5) is 11.7 Å². The standard InChI is InChI=1S/C20H24ClN5O/c1-15-12-20-25(10-5-11-26(20)23-15)9-3-2-8-22-19-14-18(24-27-19)16-6-4-7-17(21)13-16/h4,6-7,12-14,22H,2-3,5,8-11H2,1H3. The highest BCUT2D eigenvalue weighted by Gasteiger charge is 2.17. The van der Waals surface area contributed by atoms with E-state index in [2.05, 4.69) is 38.1 Å². The van der Waals surface area contributed by atoms with Crippen LogP contribution in [0, 0.1) is 6.92 Å². The Hall–Kier alpha value is -2.47. The van der Waals surface area contributed by atoms with Gasteiger partial charge in [0.25, 0.3) is 0 Å². The average molecular weight is 386 g/mol. The molecule has 0 saturated carbocycles. The third-order valence-electron chi connectivity index (χ3n) is 4.79. The molecule has 1 aromatic carbocycles. The Morgan fingerprint density at radius 2 is 2.11 bits per heavy atom. The lowest BCUT2D eigenvalue weighted by atomic mass is 10.1. The van der Waals surface area contributed by atoms with Crippen molar-refractivity contribution in [3.63, 3.8) is 0 Å². The van der Waals surface area contributed by atoms with Crippen LogP contribution < -0.4 is 10.2 Å². The fraction of sp³-hybridized carbons (Fsp3) is 0.400. The molecule has 7 heteroatoms. The Morgan fingerprint density at radius 3 is 3.00 bits per heavy atom. The van der Waals surface area contributed by atoms with Crippen molar-refractivity contribution in [1.82, 2.24) is 14.9 Å². The minimum absolute atomic E-state index is 0.691. The van der Waals surface area contributed by atoms with Crippen molar-refractivity contribution in [3.05, 3.63) is 47.1 Å². The number of hydrogen-bond acceptors (Lipinski definition) is 5. The minimum Gasteiger partial charge on any atom is -0.357 e. The molecule has 1 aliphatic rings. The zero-order valence-electron chi connectivity index (χ0n) is 15.5. The monoisotopic (exact) mass is 385 g/mol. The first-order valence-corrected chi connectivity index (χ1v) is 9.83. The van der Waals surface area contributed by atoms with Crippen molar-refractivity contribution in [1.29, 1.82) is 0 Å². The second-order valence-corrected chi connectivity index (χ2v) is 7.36. The van der Waals surface area contributed by atoms with Gasteiger partial charge in [0, 0.05) is 48.9 Å². The van der Waals surface area contributed by atoms with Gasteiger partial charge in [0.1, 0.15) is 11.5 Å². The predicted octanol–water partition coefficient (Wildman–Crippen LogP) is 4.60. The molecule has 0 bridgehead atoms. The summed E-state index contributed by atoms with van der Waals surface area (Å²) in [4.78, 5) is 2.44. The van der Waals surface area contributed by atoms with E-state index in [9.17, 15) is 0 Å². The third-order valence-corrected chi connectivity index (χ3v) is 5.02. The fourth-order valence-electron chi connectivity index (χ4n) is 3.48. The Kier molecular flexibility index (Phi) is 5.34. The van der Waals surface area contributed by atoms with E-state index in [4.69, 9.17) is 16.1 Å². The van der Waals surface area contributed by atoms with Gasteiger partial charge in [-0.05, 0) is 38.3 Å². The van der Waals surface area contributed by atoms with Crippen molar-refractivity contribution in [2.75, 3.05) is 29.9 Å². The number of aryl methyl sites for hydroxylation is 2. The van der Waals surface area contributed by atoms with Gasteiger partial charge < -0.3 is 14.7 Å². The van der Waals surface area contributed by atoms with E-state index in [0.29, 0.717) is 10.9 Å². The highest BCUT2D eigenvalue weighted by atomic mass is 35.5. The summed E-state index contributed by atoms with van der Waals surface area (Å²) in [6.07, 6.45) is 3.35. The van der Waals surface area contributed by atoms with Crippen LogP contribution in [-0.4, -0.2) is 34.6 Å². The second kappa shape index (κ2) is 8.05. The van der Waals surface area contributed by atoms with E-state index in [-0.39, 0.29) is 0 Å². The lowest BCUT2D eigenvalue weighted by Gasteiger charge is -2.29. The van der Waals surface area contributed by atoms with Gasteiger partial charge in [0.05, 0.1) is 5.69 Å². The first-order chi connectivity index (χ1) is 13.2. The van der Waals surface area contributed by atoms with Crippen LogP contribution in [0.5, 0.6) is 0 Å². The van der Waals surface area contributed by atoms with E-state index >= 15 is 0 Å². The van der Waals surface area contributed by atoms with Crippen LogP contribution in [0.1, 0.15) is 25.0 Å². The summed E-state index contributed by atoms with van der Waals surface area (Å²) >= 11 is 6.03. The van der Waals surface area contributed by atoms with E-state index in [0.717, 1.165) is 62.4 Å². The predicted molar refractivity (Wildman–Crippen MR) is 108 cm³/mol. The topological polar surface area (TPSA) is 59.1 Å². The summed E-state index contributed by atoms with van der Waals surface area (Å²) in [7, 11) is 0. The number of benzene rings is 1. The van der Waals surface area contributed by atoms with Gasteiger partial charge in [-0.15, -0.1) is 0 Å². The van der Waals surface area contributed by atoms with Crippen LogP contribution in [0.15, 0.2) is 40.9 Å². The Bertz CT molecular complexity index is 903. The lowest BCUT2D eigenvalue weighted by molar-refractivity contribution is 0.434. The van der Waals surface area contributed by atoms with Crippen LogP contribution in [-0.2, 0) is 6.54 Å². The molecule has 0 unspecified atom stereocenters. The Balaban J connectivity index is 1.23. The molecule has 0 fully saturated rings. The van der Waals surface area contributed by atoms with Crippen molar-refractivity contribution in [3.8, 4) is 11.3 Å². The molecule has 0 spiro atoms. The summed E-state index contributed by atoms with van der Waals surface area (Å²) in [5.74, 6) is 1.95. The number of fused-ring (bicyclic) bond motifs is 1. The number of rotatable bonds is 7. The number of unbranched alkanes of at least 4 members (excludes halogenated alkanes) is 1. The molecular formula is C20H24ClN5O. The molecule has 1 N–H and O–H groups in total. The highest BCUT2D eigenvalue weighted by molar-refractivity contribution is 6.30. The molecule has 3 aromatic rings. The zero-order valence-corrected chi connectivity index (χ0v) is 16.2. The number of aromatic nitrogens is 3. The number of hydrogen-bond donors (Lipinski definition) is 1. The molecule has 27 heavy (non-hydrogen) atoms. The van der Waals surface area contributed by atoms with Gasteiger partial charge in [-0.1, -0.05) is 28.9 Å². The summed E-state index contributed by atoms with van der Waals surface area (Å²) in [6, 6.07) is 11.7.